The minimum Gasteiger partial charge on any atom is -0.311 e. The zero-order valence-electron chi connectivity index (χ0n) is 13.0. The minimum absolute atomic E-state index is 0.244. The maximum atomic E-state index is 4.68. The molecule has 2 heterocycles. The average molecular weight is 264 g/mol. The Morgan fingerprint density at radius 1 is 1.53 bits per heavy atom. The number of aromatic nitrogens is 2. The highest BCUT2D eigenvalue weighted by atomic mass is 15.3. The van der Waals surface area contributed by atoms with Crippen molar-refractivity contribution in [2.45, 2.75) is 65.2 Å². The number of hydrogen-bond acceptors (Lipinski definition) is 3. The van der Waals surface area contributed by atoms with Crippen LogP contribution in [0.25, 0.3) is 0 Å². The molecule has 1 fully saturated rings. The van der Waals surface area contributed by atoms with E-state index in [0.29, 0.717) is 12.1 Å². The van der Waals surface area contributed by atoms with E-state index in [4.69, 9.17) is 0 Å². The van der Waals surface area contributed by atoms with E-state index < -0.39 is 0 Å². The maximum Gasteiger partial charge on any atom is 0.0765 e. The van der Waals surface area contributed by atoms with Crippen LogP contribution in [-0.2, 0) is 6.54 Å². The molecule has 2 unspecified atom stereocenters. The van der Waals surface area contributed by atoms with Gasteiger partial charge in [-0.2, -0.15) is 5.10 Å². The van der Waals surface area contributed by atoms with Crippen LogP contribution in [0.1, 0.15) is 52.8 Å². The van der Waals surface area contributed by atoms with Gasteiger partial charge >= 0.3 is 0 Å². The second kappa shape index (κ2) is 5.63. The van der Waals surface area contributed by atoms with E-state index in [1.807, 2.05) is 4.68 Å². The van der Waals surface area contributed by atoms with E-state index in [-0.39, 0.29) is 5.54 Å². The third kappa shape index (κ3) is 3.18. The van der Waals surface area contributed by atoms with Gasteiger partial charge in [0, 0.05) is 43.5 Å². The van der Waals surface area contributed by atoms with Gasteiger partial charge in [-0.25, -0.2) is 0 Å². The molecule has 19 heavy (non-hydrogen) atoms. The zero-order chi connectivity index (χ0) is 14.0. The van der Waals surface area contributed by atoms with Crippen molar-refractivity contribution in [3.8, 4) is 0 Å². The maximum absolute atomic E-state index is 4.68. The number of nitrogens with zero attached hydrogens (tertiary/aromatic N) is 3. The number of rotatable bonds is 4. The highest BCUT2D eigenvalue weighted by Crippen LogP contribution is 2.24. The van der Waals surface area contributed by atoms with E-state index in [0.717, 1.165) is 26.1 Å². The molecule has 0 spiro atoms. The van der Waals surface area contributed by atoms with E-state index in [1.54, 1.807) is 0 Å². The van der Waals surface area contributed by atoms with Gasteiger partial charge in [0.25, 0.3) is 0 Å². The van der Waals surface area contributed by atoms with Gasteiger partial charge in [-0.1, -0.05) is 6.92 Å². The highest BCUT2D eigenvalue weighted by molar-refractivity contribution is 5.03. The summed E-state index contributed by atoms with van der Waals surface area (Å²) in [4.78, 5) is 2.58. The number of nitrogens with one attached hydrogen (secondary N) is 1. The topological polar surface area (TPSA) is 33.1 Å². The molecule has 0 amide bonds. The molecule has 0 aliphatic carbocycles. The molecule has 1 saturated heterocycles. The Balaban J connectivity index is 2.09. The van der Waals surface area contributed by atoms with Gasteiger partial charge in [-0.3, -0.25) is 9.58 Å². The molecule has 1 aromatic heterocycles. The lowest BCUT2D eigenvalue weighted by molar-refractivity contribution is 0.0440. The summed E-state index contributed by atoms with van der Waals surface area (Å²) in [5.74, 6) is 0. The van der Waals surface area contributed by atoms with Gasteiger partial charge in [0.05, 0.1) is 5.69 Å². The van der Waals surface area contributed by atoms with Gasteiger partial charge in [-0.15, -0.1) is 0 Å². The molecule has 108 valence electrons. The lowest BCUT2D eigenvalue weighted by atomic mass is 9.92. The molecular weight excluding hydrogens is 236 g/mol. The second-order valence-electron chi connectivity index (χ2n) is 6.39. The Labute approximate surface area is 117 Å². The molecule has 0 bridgehead atoms. The predicted molar refractivity (Wildman–Crippen MR) is 79.2 cm³/mol. The van der Waals surface area contributed by atoms with Gasteiger partial charge in [-0.05, 0) is 40.2 Å². The van der Waals surface area contributed by atoms with Crippen LogP contribution in [0.4, 0.5) is 0 Å². The molecule has 0 aromatic carbocycles. The summed E-state index contributed by atoms with van der Waals surface area (Å²) in [6.45, 7) is 14.3. The molecule has 1 aromatic rings. The SMILES string of the molecule is CCC1(C)CNC(C)CN1Cc1ccn(C(C)C)n1. The van der Waals surface area contributed by atoms with E-state index >= 15 is 0 Å². The van der Waals surface area contributed by atoms with Crippen LogP contribution >= 0.6 is 0 Å². The van der Waals surface area contributed by atoms with Crippen molar-refractivity contribution in [3.05, 3.63) is 18.0 Å². The fraction of sp³-hybridized carbons (Fsp3) is 0.800. The van der Waals surface area contributed by atoms with Crippen LogP contribution in [0.5, 0.6) is 0 Å². The number of piperazine rings is 1. The standard InChI is InChI=1S/C15H28N4/c1-6-15(5)11-16-13(4)9-18(15)10-14-7-8-19(17-14)12(2)3/h7-8,12-13,16H,6,9-11H2,1-5H3. The fourth-order valence-electron chi connectivity index (χ4n) is 2.67. The Bertz CT molecular complexity index is 412. The van der Waals surface area contributed by atoms with E-state index in [2.05, 4.69) is 62.2 Å². The first-order valence-electron chi connectivity index (χ1n) is 7.47. The van der Waals surface area contributed by atoms with Crippen molar-refractivity contribution in [3.63, 3.8) is 0 Å². The van der Waals surface area contributed by atoms with Crippen LogP contribution in [0.2, 0.25) is 0 Å². The molecule has 2 atom stereocenters. The summed E-state index contributed by atoms with van der Waals surface area (Å²) >= 11 is 0. The third-order valence-electron chi connectivity index (χ3n) is 4.40. The highest BCUT2D eigenvalue weighted by Gasteiger charge is 2.35. The Morgan fingerprint density at radius 3 is 2.84 bits per heavy atom. The van der Waals surface area contributed by atoms with Crippen molar-refractivity contribution in [2.75, 3.05) is 13.1 Å². The van der Waals surface area contributed by atoms with Crippen LogP contribution in [-0.4, -0.2) is 39.4 Å². The van der Waals surface area contributed by atoms with Crippen molar-refractivity contribution < 1.29 is 0 Å². The fourth-order valence-corrected chi connectivity index (χ4v) is 2.67. The van der Waals surface area contributed by atoms with Crippen LogP contribution in [0.15, 0.2) is 12.3 Å². The summed E-state index contributed by atoms with van der Waals surface area (Å²) in [5, 5.41) is 8.28. The molecule has 2 rings (SSSR count). The van der Waals surface area contributed by atoms with Crippen LogP contribution in [0.3, 0.4) is 0 Å². The molecule has 1 aliphatic rings. The minimum atomic E-state index is 0.244. The van der Waals surface area contributed by atoms with Crippen molar-refractivity contribution in [1.82, 2.24) is 20.0 Å². The largest absolute Gasteiger partial charge is 0.311 e. The molecular formula is C15H28N4. The first kappa shape index (κ1) is 14.5. The van der Waals surface area contributed by atoms with Gasteiger partial charge in [0.15, 0.2) is 0 Å². The van der Waals surface area contributed by atoms with Gasteiger partial charge in [0.1, 0.15) is 0 Å². The number of hydrogen-bond donors (Lipinski definition) is 1. The predicted octanol–water partition coefficient (Wildman–Crippen LogP) is 2.43. The smallest absolute Gasteiger partial charge is 0.0765 e. The first-order chi connectivity index (χ1) is 8.94. The first-order valence-corrected chi connectivity index (χ1v) is 7.47. The monoisotopic (exact) mass is 264 g/mol. The van der Waals surface area contributed by atoms with Crippen LogP contribution < -0.4 is 5.32 Å². The molecule has 0 saturated carbocycles. The van der Waals surface area contributed by atoms with Gasteiger partial charge < -0.3 is 5.32 Å². The van der Waals surface area contributed by atoms with Crippen molar-refractivity contribution in [2.24, 2.45) is 0 Å². The van der Waals surface area contributed by atoms with E-state index in [1.165, 1.54) is 5.69 Å². The summed E-state index contributed by atoms with van der Waals surface area (Å²) in [5.41, 5.74) is 1.43. The molecule has 1 N–H and O–H groups in total. The molecule has 0 radical (unpaired) electrons. The van der Waals surface area contributed by atoms with Crippen molar-refractivity contribution >= 4 is 0 Å². The second-order valence-corrected chi connectivity index (χ2v) is 6.39. The van der Waals surface area contributed by atoms with Crippen LogP contribution in [0, 0.1) is 0 Å². The lowest BCUT2D eigenvalue weighted by Crippen LogP contribution is -2.61. The Hall–Kier alpha value is -0.870. The quantitative estimate of drug-likeness (QED) is 0.906. The summed E-state index contributed by atoms with van der Waals surface area (Å²) < 4.78 is 2.05. The van der Waals surface area contributed by atoms with E-state index in [9.17, 15) is 0 Å². The normalized spacial score (nSPS) is 29.1. The summed E-state index contributed by atoms with van der Waals surface area (Å²) in [7, 11) is 0. The lowest BCUT2D eigenvalue weighted by Gasteiger charge is -2.47. The summed E-state index contributed by atoms with van der Waals surface area (Å²) in [6, 6.07) is 3.16. The zero-order valence-corrected chi connectivity index (χ0v) is 13.0. The molecule has 1 aliphatic heterocycles. The molecule has 4 nitrogen and oxygen atoms in total. The van der Waals surface area contributed by atoms with Crippen molar-refractivity contribution in [1.29, 1.82) is 0 Å². The summed E-state index contributed by atoms with van der Waals surface area (Å²) in [6.07, 6.45) is 3.26. The Morgan fingerprint density at radius 2 is 2.26 bits per heavy atom. The molecule has 4 heteroatoms. The van der Waals surface area contributed by atoms with Gasteiger partial charge in [0.2, 0.25) is 0 Å². The third-order valence-corrected chi connectivity index (χ3v) is 4.40. The Kier molecular flexibility index (Phi) is 4.31. The average Bonchev–Trinajstić information content (AvgIpc) is 2.83.